The number of nitro benzene ring substituents is 1. The fourth-order valence-electron chi connectivity index (χ4n) is 2.16. The summed E-state index contributed by atoms with van der Waals surface area (Å²) in [6.07, 6.45) is 2.67. The van der Waals surface area contributed by atoms with Crippen LogP contribution in [0, 0.1) is 10.1 Å². The first-order valence-electron chi connectivity index (χ1n) is 7.44. The van der Waals surface area contributed by atoms with Gasteiger partial charge in [-0.15, -0.1) is 0 Å². The third kappa shape index (κ3) is 5.07. The van der Waals surface area contributed by atoms with Gasteiger partial charge in [0, 0.05) is 18.7 Å². The van der Waals surface area contributed by atoms with Gasteiger partial charge < -0.3 is 14.8 Å². The number of benzene rings is 2. The van der Waals surface area contributed by atoms with Gasteiger partial charge in [-0.05, 0) is 35.4 Å². The van der Waals surface area contributed by atoms with Crippen LogP contribution in [0.1, 0.15) is 11.1 Å². The number of nitrogens with zero attached hydrogens (tertiary/aromatic N) is 1. The molecule has 7 nitrogen and oxygen atoms in total. The van der Waals surface area contributed by atoms with Gasteiger partial charge in [0.2, 0.25) is 0 Å². The van der Waals surface area contributed by atoms with E-state index in [0.29, 0.717) is 17.8 Å². The van der Waals surface area contributed by atoms with Crippen molar-refractivity contribution in [2.24, 2.45) is 0 Å². The molecule has 0 fully saturated rings. The summed E-state index contributed by atoms with van der Waals surface area (Å²) >= 11 is 0. The Labute approximate surface area is 145 Å². The maximum absolute atomic E-state index is 11.3. The van der Waals surface area contributed by atoms with E-state index >= 15 is 0 Å². The SMILES string of the molecule is COC(=O)/C=C/c1ccc(NCc2cccc(OC)c2)c([N+](=O)[O-])c1. The summed E-state index contributed by atoms with van der Waals surface area (Å²) in [7, 11) is 2.85. The molecule has 0 heterocycles. The van der Waals surface area contributed by atoms with Gasteiger partial charge in [0.15, 0.2) is 0 Å². The fraction of sp³-hybridized carbons (Fsp3) is 0.167. The van der Waals surface area contributed by atoms with Crippen LogP contribution in [0.2, 0.25) is 0 Å². The summed E-state index contributed by atoms with van der Waals surface area (Å²) in [6, 6.07) is 12.1. The van der Waals surface area contributed by atoms with Gasteiger partial charge in [0.25, 0.3) is 5.69 Å². The number of hydrogen-bond donors (Lipinski definition) is 1. The lowest BCUT2D eigenvalue weighted by Crippen LogP contribution is -2.03. The molecule has 1 N–H and O–H groups in total. The Balaban J connectivity index is 2.18. The van der Waals surface area contributed by atoms with Crippen molar-refractivity contribution in [2.75, 3.05) is 19.5 Å². The van der Waals surface area contributed by atoms with E-state index in [1.165, 1.54) is 25.3 Å². The largest absolute Gasteiger partial charge is 0.497 e. The molecule has 0 atom stereocenters. The number of anilines is 1. The lowest BCUT2D eigenvalue weighted by atomic mass is 10.1. The van der Waals surface area contributed by atoms with Crippen molar-refractivity contribution in [2.45, 2.75) is 6.54 Å². The van der Waals surface area contributed by atoms with Gasteiger partial charge in [0.1, 0.15) is 11.4 Å². The van der Waals surface area contributed by atoms with Gasteiger partial charge in [-0.1, -0.05) is 18.2 Å². The number of carbonyl (C=O) groups is 1. The number of methoxy groups -OCH3 is 2. The first kappa shape index (κ1) is 18.0. The van der Waals surface area contributed by atoms with Crippen LogP contribution in [0.3, 0.4) is 0 Å². The molecule has 0 saturated heterocycles. The van der Waals surface area contributed by atoms with Crippen LogP contribution in [0.4, 0.5) is 11.4 Å². The molecule has 0 aliphatic rings. The quantitative estimate of drug-likeness (QED) is 0.359. The van der Waals surface area contributed by atoms with Crippen molar-refractivity contribution in [1.82, 2.24) is 0 Å². The van der Waals surface area contributed by atoms with Gasteiger partial charge >= 0.3 is 5.97 Å². The number of nitro groups is 1. The molecule has 2 rings (SSSR count). The van der Waals surface area contributed by atoms with Gasteiger partial charge in [-0.25, -0.2) is 4.79 Å². The Bertz CT molecular complexity index is 802. The highest BCUT2D eigenvalue weighted by Gasteiger charge is 2.14. The lowest BCUT2D eigenvalue weighted by Gasteiger charge is -2.09. The maximum Gasteiger partial charge on any atom is 0.330 e. The molecule has 0 saturated carbocycles. The Morgan fingerprint density at radius 1 is 1.24 bits per heavy atom. The average Bonchev–Trinajstić information content (AvgIpc) is 2.64. The molecule has 0 radical (unpaired) electrons. The average molecular weight is 342 g/mol. The number of carbonyl (C=O) groups excluding carboxylic acids is 1. The molecule has 2 aromatic carbocycles. The first-order chi connectivity index (χ1) is 12.0. The minimum Gasteiger partial charge on any atom is -0.497 e. The van der Waals surface area contributed by atoms with Crippen LogP contribution in [0.5, 0.6) is 5.75 Å². The van der Waals surface area contributed by atoms with Gasteiger partial charge in [-0.3, -0.25) is 10.1 Å². The van der Waals surface area contributed by atoms with Gasteiger partial charge in [0.05, 0.1) is 19.1 Å². The van der Waals surface area contributed by atoms with Crippen molar-refractivity contribution >= 4 is 23.4 Å². The predicted molar refractivity (Wildman–Crippen MR) is 94.5 cm³/mol. The normalized spacial score (nSPS) is 10.5. The summed E-state index contributed by atoms with van der Waals surface area (Å²) in [6.45, 7) is 0.412. The molecule has 2 aromatic rings. The number of hydrogen-bond acceptors (Lipinski definition) is 6. The highest BCUT2D eigenvalue weighted by molar-refractivity contribution is 5.87. The third-order valence-corrected chi connectivity index (χ3v) is 3.45. The Kier molecular flexibility index (Phi) is 6.11. The zero-order valence-corrected chi connectivity index (χ0v) is 13.9. The van der Waals surface area contributed by atoms with Crippen LogP contribution in [0.25, 0.3) is 6.08 Å². The highest BCUT2D eigenvalue weighted by atomic mass is 16.6. The van der Waals surface area contributed by atoms with Crippen LogP contribution < -0.4 is 10.1 Å². The van der Waals surface area contributed by atoms with E-state index in [9.17, 15) is 14.9 Å². The van der Waals surface area contributed by atoms with Crippen LogP contribution in [-0.2, 0) is 16.1 Å². The van der Waals surface area contributed by atoms with Crippen molar-refractivity contribution < 1.29 is 19.2 Å². The number of nitrogens with one attached hydrogen (secondary N) is 1. The smallest absolute Gasteiger partial charge is 0.330 e. The van der Waals surface area contributed by atoms with Crippen LogP contribution >= 0.6 is 0 Å². The fourth-order valence-corrected chi connectivity index (χ4v) is 2.16. The minimum atomic E-state index is -0.525. The van der Waals surface area contributed by atoms with Crippen molar-refractivity contribution in [3.63, 3.8) is 0 Å². The molecule has 130 valence electrons. The second-order valence-electron chi connectivity index (χ2n) is 5.10. The van der Waals surface area contributed by atoms with E-state index in [2.05, 4.69) is 10.1 Å². The molecular weight excluding hydrogens is 324 g/mol. The van der Waals surface area contributed by atoms with Crippen LogP contribution in [0.15, 0.2) is 48.5 Å². The predicted octanol–water partition coefficient (Wildman–Crippen LogP) is 3.40. The summed E-state index contributed by atoms with van der Waals surface area (Å²) in [5.41, 5.74) is 1.78. The highest BCUT2D eigenvalue weighted by Crippen LogP contribution is 2.27. The van der Waals surface area contributed by atoms with E-state index in [0.717, 1.165) is 11.3 Å². The maximum atomic E-state index is 11.3. The molecule has 0 unspecified atom stereocenters. The van der Waals surface area contributed by atoms with E-state index < -0.39 is 10.9 Å². The number of esters is 1. The van der Waals surface area contributed by atoms with Crippen LogP contribution in [-0.4, -0.2) is 25.1 Å². The molecule has 7 heteroatoms. The van der Waals surface area contributed by atoms with E-state index in [1.807, 2.05) is 24.3 Å². The summed E-state index contributed by atoms with van der Waals surface area (Å²) in [5.74, 6) is 0.194. The molecule has 0 spiro atoms. The summed E-state index contributed by atoms with van der Waals surface area (Å²) in [5, 5.41) is 14.4. The molecule has 0 aliphatic carbocycles. The topological polar surface area (TPSA) is 90.7 Å². The van der Waals surface area contributed by atoms with E-state index in [1.54, 1.807) is 19.2 Å². The number of rotatable bonds is 7. The standard InChI is InChI=1S/C18H18N2O5/c1-24-15-5-3-4-14(10-15)12-19-16-8-6-13(7-9-18(21)25-2)11-17(16)20(22)23/h3-11,19H,12H2,1-2H3/b9-7+. The molecule has 0 bridgehead atoms. The third-order valence-electron chi connectivity index (χ3n) is 3.45. The van der Waals surface area contributed by atoms with Crippen molar-refractivity contribution in [3.8, 4) is 5.75 Å². The monoisotopic (exact) mass is 342 g/mol. The minimum absolute atomic E-state index is 0.0742. The Morgan fingerprint density at radius 3 is 2.72 bits per heavy atom. The summed E-state index contributed by atoms with van der Waals surface area (Å²) in [4.78, 5) is 22.0. The van der Waals surface area contributed by atoms with Crippen molar-refractivity contribution in [3.05, 3.63) is 69.8 Å². The second-order valence-corrected chi connectivity index (χ2v) is 5.10. The zero-order valence-electron chi connectivity index (χ0n) is 13.9. The zero-order chi connectivity index (χ0) is 18.2. The lowest BCUT2D eigenvalue weighted by molar-refractivity contribution is -0.384. The van der Waals surface area contributed by atoms with E-state index in [4.69, 9.17) is 4.74 Å². The molecule has 0 amide bonds. The molecule has 25 heavy (non-hydrogen) atoms. The Morgan fingerprint density at radius 2 is 2.04 bits per heavy atom. The number of ether oxygens (including phenoxy) is 2. The van der Waals surface area contributed by atoms with E-state index in [-0.39, 0.29) is 5.69 Å². The molecule has 0 aromatic heterocycles. The molecular formula is C18H18N2O5. The molecule has 0 aliphatic heterocycles. The first-order valence-corrected chi connectivity index (χ1v) is 7.44. The summed E-state index contributed by atoms with van der Waals surface area (Å²) < 4.78 is 9.66. The Hall–Kier alpha value is -3.35. The van der Waals surface area contributed by atoms with Crippen molar-refractivity contribution in [1.29, 1.82) is 0 Å². The second kappa shape index (κ2) is 8.49. The van der Waals surface area contributed by atoms with Gasteiger partial charge in [-0.2, -0.15) is 0 Å².